The Bertz CT molecular complexity index is 830. The number of allylic oxidation sites excluding steroid dienone is 2. The fourth-order valence-corrected chi connectivity index (χ4v) is 5.74. The fraction of sp³-hybridized carbons (Fsp3) is 0.235. The first kappa shape index (κ1) is 15.9. The molecular formula is C17H15N3OS3. The van der Waals surface area contributed by atoms with E-state index in [0.717, 1.165) is 19.9 Å². The van der Waals surface area contributed by atoms with Gasteiger partial charge in [0.15, 0.2) is 4.34 Å². The molecule has 24 heavy (non-hydrogen) atoms. The van der Waals surface area contributed by atoms with Crippen LogP contribution in [0.5, 0.6) is 0 Å². The van der Waals surface area contributed by atoms with Crippen LogP contribution < -0.4 is 4.90 Å². The van der Waals surface area contributed by atoms with Gasteiger partial charge in [-0.15, -0.1) is 22.0 Å². The number of carbonyl (C=O) groups is 1. The van der Waals surface area contributed by atoms with Gasteiger partial charge >= 0.3 is 0 Å². The molecule has 0 bridgehead atoms. The Morgan fingerprint density at radius 1 is 1.25 bits per heavy atom. The van der Waals surface area contributed by atoms with Gasteiger partial charge in [-0.05, 0) is 19.1 Å². The van der Waals surface area contributed by atoms with Crippen LogP contribution in [0.4, 0.5) is 5.69 Å². The van der Waals surface area contributed by atoms with E-state index in [1.54, 1.807) is 0 Å². The third-order valence-electron chi connectivity index (χ3n) is 3.84. The quantitative estimate of drug-likeness (QED) is 0.763. The second kappa shape index (κ2) is 6.74. The molecule has 0 N–H and O–H groups in total. The van der Waals surface area contributed by atoms with Crippen molar-refractivity contribution in [2.45, 2.75) is 27.5 Å². The topological polar surface area (TPSA) is 46.1 Å². The maximum atomic E-state index is 13.0. The molecule has 122 valence electrons. The highest BCUT2D eigenvalue weighted by Gasteiger charge is 2.36. The van der Waals surface area contributed by atoms with Gasteiger partial charge in [-0.25, -0.2) is 0 Å². The molecule has 2 atom stereocenters. The van der Waals surface area contributed by atoms with E-state index in [0.29, 0.717) is 5.75 Å². The standard InChI is InChI=1S/C17H15N3OS3/c1-11-18-19-17(23-11)22-10-16(21)20-12-6-2-4-8-14(12)24-15-9-5-3-7-13(15)20/h2-9,12,14H,10H2,1H3/t12-,14+/m0/s1. The van der Waals surface area contributed by atoms with Crippen molar-refractivity contribution in [3.05, 3.63) is 53.6 Å². The lowest BCUT2D eigenvalue weighted by atomic mass is 10.0. The van der Waals surface area contributed by atoms with Crippen LogP contribution in [0.15, 0.2) is 57.8 Å². The molecule has 1 aliphatic heterocycles. The Labute approximate surface area is 153 Å². The summed E-state index contributed by atoms with van der Waals surface area (Å²) in [5, 5.41) is 9.29. The van der Waals surface area contributed by atoms with Crippen molar-refractivity contribution in [3.8, 4) is 0 Å². The summed E-state index contributed by atoms with van der Waals surface area (Å²) in [7, 11) is 0. The van der Waals surface area contributed by atoms with Crippen LogP contribution in [-0.4, -0.2) is 33.1 Å². The van der Waals surface area contributed by atoms with Crippen molar-refractivity contribution in [3.63, 3.8) is 0 Å². The van der Waals surface area contributed by atoms with Gasteiger partial charge < -0.3 is 4.90 Å². The Hall–Kier alpha value is -1.57. The molecule has 1 aromatic carbocycles. The van der Waals surface area contributed by atoms with Gasteiger partial charge in [-0.2, -0.15) is 0 Å². The molecule has 1 aromatic heterocycles. The van der Waals surface area contributed by atoms with Gasteiger partial charge in [0, 0.05) is 4.90 Å². The monoisotopic (exact) mass is 373 g/mol. The maximum absolute atomic E-state index is 13.0. The van der Waals surface area contributed by atoms with Crippen molar-refractivity contribution in [1.29, 1.82) is 0 Å². The highest BCUT2D eigenvalue weighted by atomic mass is 32.2. The zero-order valence-corrected chi connectivity index (χ0v) is 15.4. The number of rotatable bonds is 3. The number of fused-ring (bicyclic) bond motifs is 2. The first-order chi connectivity index (χ1) is 11.7. The van der Waals surface area contributed by atoms with Crippen molar-refractivity contribution >= 4 is 46.5 Å². The molecule has 1 aliphatic carbocycles. The van der Waals surface area contributed by atoms with Gasteiger partial charge in [0.1, 0.15) is 5.01 Å². The average molecular weight is 374 g/mol. The second-order valence-electron chi connectivity index (χ2n) is 5.45. The molecule has 0 radical (unpaired) electrons. The van der Waals surface area contributed by atoms with Gasteiger partial charge in [0.2, 0.25) is 5.91 Å². The molecule has 0 saturated heterocycles. The van der Waals surface area contributed by atoms with Crippen LogP contribution in [0.1, 0.15) is 5.01 Å². The largest absolute Gasteiger partial charge is 0.302 e. The molecule has 0 saturated carbocycles. The normalized spacial score (nSPS) is 21.5. The predicted octanol–water partition coefficient (Wildman–Crippen LogP) is 3.94. The van der Waals surface area contributed by atoms with Crippen LogP contribution in [0, 0.1) is 6.92 Å². The number of para-hydroxylation sites is 1. The summed E-state index contributed by atoms with van der Waals surface area (Å²) in [6.45, 7) is 1.92. The lowest BCUT2D eigenvalue weighted by Gasteiger charge is -2.40. The molecule has 1 amide bonds. The SMILES string of the molecule is Cc1nnc(SCC(=O)N2c3ccccc3S[C@@H]3C=CC=C[C@@H]32)s1. The second-order valence-corrected chi connectivity index (χ2v) is 9.07. The minimum atomic E-state index is 0.0687. The highest BCUT2D eigenvalue weighted by molar-refractivity contribution is 8.01. The van der Waals surface area contributed by atoms with E-state index in [2.05, 4.69) is 34.5 Å². The van der Waals surface area contributed by atoms with E-state index in [-0.39, 0.29) is 17.2 Å². The summed E-state index contributed by atoms with van der Waals surface area (Å²) in [5.41, 5.74) is 1.00. The summed E-state index contributed by atoms with van der Waals surface area (Å²) in [6.07, 6.45) is 8.37. The zero-order valence-electron chi connectivity index (χ0n) is 13.0. The fourth-order valence-electron chi connectivity index (χ4n) is 2.81. The third kappa shape index (κ3) is 3.03. The molecule has 0 unspecified atom stereocenters. The smallest absolute Gasteiger partial charge is 0.238 e. The number of aryl methyl sites for hydroxylation is 1. The molecule has 4 rings (SSSR count). The van der Waals surface area contributed by atoms with Crippen molar-refractivity contribution in [2.75, 3.05) is 10.7 Å². The molecular weight excluding hydrogens is 358 g/mol. The van der Waals surface area contributed by atoms with E-state index in [4.69, 9.17) is 0 Å². The van der Waals surface area contributed by atoms with E-state index >= 15 is 0 Å². The third-order valence-corrected chi connectivity index (χ3v) is 7.10. The van der Waals surface area contributed by atoms with Crippen LogP contribution in [0.3, 0.4) is 0 Å². The summed E-state index contributed by atoms with van der Waals surface area (Å²) in [4.78, 5) is 16.1. The maximum Gasteiger partial charge on any atom is 0.238 e. The summed E-state index contributed by atoms with van der Waals surface area (Å²) >= 11 is 4.81. The Morgan fingerprint density at radius 2 is 2.08 bits per heavy atom. The summed E-state index contributed by atoms with van der Waals surface area (Å²) < 4.78 is 0.844. The average Bonchev–Trinajstić information content (AvgIpc) is 3.03. The van der Waals surface area contributed by atoms with Crippen molar-refractivity contribution in [2.24, 2.45) is 0 Å². The van der Waals surface area contributed by atoms with Gasteiger partial charge in [0.25, 0.3) is 0 Å². The van der Waals surface area contributed by atoms with Crippen LogP contribution in [-0.2, 0) is 4.79 Å². The molecule has 0 spiro atoms. The van der Waals surface area contributed by atoms with Crippen LogP contribution >= 0.6 is 34.9 Å². The zero-order chi connectivity index (χ0) is 16.5. The Kier molecular flexibility index (Phi) is 4.47. The Balaban J connectivity index is 1.60. The minimum absolute atomic E-state index is 0.0687. The van der Waals surface area contributed by atoms with E-state index in [9.17, 15) is 4.79 Å². The first-order valence-corrected chi connectivity index (χ1v) is 10.3. The predicted molar refractivity (Wildman–Crippen MR) is 101 cm³/mol. The van der Waals surface area contributed by atoms with Gasteiger partial charge in [-0.1, -0.05) is 59.5 Å². The van der Waals surface area contributed by atoms with E-state index < -0.39 is 0 Å². The van der Waals surface area contributed by atoms with Crippen LogP contribution in [0.25, 0.3) is 0 Å². The molecule has 2 heterocycles. The highest BCUT2D eigenvalue weighted by Crippen LogP contribution is 2.43. The number of aromatic nitrogens is 2. The van der Waals surface area contributed by atoms with E-state index in [1.807, 2.05) is 47.9 Å². The molecule has 0 fully saturated rings. The minimum Gasteiger partial charge on any atom is -0.302 e. The molecule has 2 aromatic rings. The lowest BCUT2D eigenvalue weighted by molar-refractivity contribution is -0.116. The van der Waals surface area contributed by atoms with Gasteiger partial charge in [-0.3, -0.25) is 4.79 Å². The number of thioether (sulfide) groups is 2. The van der Waals surface area contributed by atoms with Gasteiger partial charge in [0.05, 0.1) is 22.7 Å². The number of hydrogen-bond donors (Lipinski definition) is 0. The van der Waals surface area contributed by atoms with Crippen molar-refractivity contribution in [1.82, 2.24) is 10.2 Å². The number of carbonyl (C=O) groups excluding carboxylic acids is 1. The number of anilines is 1. The number of benzene rings is 1. The first-order valence-electron chi connectivity index (χ1n) is 7.58. The summed E-state index contributed by atoms with van der Waals surface area (Å²) in [5.74, 6) is 0.476. The van der Waals surface area contributed by atoms with Crippen molar-refractivity contribution < 1.29 is 4.79 Å². The number of amides is 1. The lowest BCUT2D eigenvalue weighted by Crippen LogP contribution is -2.48. The molecule has 7 heteroatoms. The Morgan fingerprint density at radius 3 is 2.92 bits per heavy atom. The number of hydrogen-bond acceptors (Lipinski definition) is 6. The van der Waals surface area contributed by atoms with E-state index in [1.165, 1.54) is 23.1 Å². The summed E-state index contributed by atoms with van der Waals surface area (Å²) in [6, 6.07) is 8.20. The number of nitrogens with zero attached hydrogens (tertiary/aromatic N) is 3. The molecule has 4 nitrogen and oxygen atoms in total. The molecule has 2 aliphatic rings. The van der Waals surface area contributed by atoms with Crippen LogP contribution in [0.2, 0.25) is 0 Å².